The maximum Gasteiger partial charge on any atom is 0.243 e. The van der Waals surface area contributed by atoms with Gasteiger partial charge in [0.1, 0.15) is 5.76 Å². The monoisotopic (exact) mass is 308 g/mol. The van der Waals surface area contributed by atoms with Gasteiger partial charge >= 0.3 is 0 Å². The number of hydrogen-bond donors (Lipinski definition) is 1. The summed E-state index contributed by atoms with van der Waals surface area (Å²) in [5.74, 6) is 0.720. The Morgan fingerprint density at radius 1 is 1.19 bits per heavy atom. The smallest absolute Gasteiger partial charge is 0.243 e. The van der Waals surface area contributed by atoms with Gasteiger partial charge in [-0.2, -0.15) is 4.31 Å². The van der Waals surface area contributed by atoms with Gasteiger partial charge in [0, 0.05) is 24.8 Å². The average Bonchev–Trinajstić information content (AvgIpc) is 2.80. The summed E-state index contributed by atoms with van der Waals surface area (Å²) >= 11 is 0. The standard InChI is InChI=1S/C15H20N2O3S/c1-10-5-6-14(16)11(2)15(10)21(18,19)17(4)9-13-7-8-20-12(13)3/h5-8H,9,16H2,1-4H3. The van der Waals surface area contributed by atoms with Gasteiger partial charge in [0.05, 0.1) is 11.2 Å². The Morgan fingerprint density at radius 2 is 1.86 bits per heavy atom. The van der Waals surface area contributed by atoms with E-state index in [-0.39, 0.29) is 11.4 Å². The molecule has 0 spiro atoms. The topological polar surface area (TPSA) is 76.5 Å². The summed E-state index contributed by atoms with van der Waals surface area (Å²) in [5, 5.41) is 0. The summed E-state index contributed by atoms with van der Waals surface area (Å²) in [4.78, 5) is 0.283. The molecule has 0 atom stereocenters. The van der Waals surface area contributed by atoms with E-state index < -0.39 is 10.0 Å². The third-order valence-electron chi connectivity index (χ3n) is 3.67. The molecule has 0 bridgehead atoms. The van der Waals surface area contributed by atoms with Gasteiger partial charge < -0.3 is 10.2 Å². The van der Waals surface area contributed by atoms with Crippen LogP contribution in [0.3, 0.4) is 0 Å². The summed E-state index contributed by atoms with van der Waals surface area (Å²) in [6, 6.07) is 5.23. The molecule has 0 radical (unpaired) electrons. The molecule has 0 fully saturated rings. The quantitative estimate of drug-likeness (QED) is 0.881. The van der Waals surface area contributed by atoms with Gasteiger partial charge in [-0.15, -0.1) is 0 Å². The highest BCUT2D eigenvalue weighted by atomic mass is 32.2. The molecule has 0 amide bonds. The summed E-state index contributed by atoms with van der Waals surface area (Å²) < 4.78 is 32.1. The lowest BCUT2D eigenvalue weighted by Crippen LogP contribution is -2.28. The fourth-order valence-corrected chi connectivity index (χ4v) is 3.90. The second-order valence-electron chi connectivity index (χ2n) is 5.19. The fraction of sp³-hybridized carbons (Fsp3) is 0.333. The molecule has 0 aliphatic rings. The third-order valence-corrected chi connectivity index (χ3v) is 5.77. The molecule has 0 aliphatic heterocycles. The molecular formula is C15H20N2O3S. The van der Waals surface area contributed by atoms with Crippen molar-refractivity contribution in [2.24, 2.45) is 0 Å². The first-order valence-corrected chi connectivity index (χ1v) is 8.04. The first-order valence-electron chi connectivity index (χ1n) is 6.60. The SMILES string of the molecule is Cc1ccc(N)c(C)c1S(=O)(=O)N(C)Cc1ccoc1C. The molecule has 5 nitrogen and oxygen atoms in total. The molecule has 2 aromatic rings. The maximum absolute atomic E-state index is 12.8. The number of sulfonamides is 1. The van der Waals surface area contributed by atoms with Crippen molar-refractivity contribution in [3.05, 3.63) is 46.9 Å². The van der Waals surface area contributed by atoms with Crippen molar-refractivity contribution in [1.29, 1.82) is 0 Å². The van der Waals surface area contributed by atoms with Crippen molar-refractivity contribution in [3.8, 4) is 0 Å². The Kier molecular flexibility index (Phi) is 4.11. The molecule has 0 saturated carbocycles. The highest BCUT2D eigenvalue weighted by molar-refractivity contribution is 7.89. The number of nitrogens with zero attached hydrogens (tertiary/aromatic N) is 1. The number of nitrogens with two attached hydrogens (primary N) is 1. The Balaban J connectivity index is 2.43. The number of rotatable bonds is 4. The van der Waals surface area contributed by atoms with Gasteiger partial charge in [0.2, 0.25) is 10.0 Å². The van der Waals surface area contributed by atoms with Crippen LogP contribution in [0.15, 0.2) is 33.8 Å². The van der Waals surface area contributed by atoms with Gasteiger partial charge in [0.15, 0.2) is 0 Å². The van der Waals surface area contributed by atoms with Crippen LogP contribution < -0.4 is 5.73 Å². The van der Waals surface area contributed by atoms with Gasteiger partial charge in [0.25, 0.3) is 0 Å². The Labute approximate surface area is 125 Å². The first kappa shape index (κ1) is 15.6. The maximum atomic E-state index is 12.8. The van der Waals surface area contributed by atoms with Crippen molar-refractivity contribution in [2.45, 2.75) is 32.2 Å². The van der Waals surface area contributed by atoms with E-state index in [0.29, 0.717) is 16.8 Å². The molecular weight excluding hydrogens is 288 g/mol. The lowest BCUT2D eigenvalue weighted by molar-refractivity contribution is 0.458. The van der Waals surface area contributed by atoms with Crippen LogP contribution in [0.25, 0.3) is 0 Å². The second kappa shape index (κ2) is 5.54. The Morgan fingerprint density at radius 3 is 2.43 bits per heavy atom. The minimum atomic E-state index is -3.60. The molecule has 2 rings (SSSR count). The van der Waals surface area contributed by atoms with Crippen molar-refractivity contribution in [2.75, 3.05) is 12.8 Å². The van der Waals surface area contributed by atoms with Crippen LogP contribution in [-0.4, -0.2) is 19.8 Å². The fourth-order valence-electron chi connectivity index (χ4n) is 2.30. The number of anilines is 1. The van der Waals surface area contributed by atoms with Crippen LogP contribution in [-0.2, 0) is 16.6 Å². The predicted octanol–water partition coefficient (Wildman–Crippen LogP) is 2.61. The van der Waals surface area contributed by atoms with E-state index in [1.807, 2.05) is 6.92 Å². The van der Waals surface area contributed by atoms with Crippen LogP contribution in [0.5, 0.6) is 0 Å². The molecule has 0 saturated heterocycles. The largest absolute Gasteiger partial charge is 0.469 e. The van der Waals surface area contributed by atoms with Crippen LogP contribution in [0, 0.1) is 20.8 Å². The van der Waals surface area contributed by atoms with E-state index in [1.165, 1.54) is 4.31 Å². The van der Waals surface area contributed by atoms with Gasteiger partial charge in [-0.3, -0.25) is 0 Å². The summed E-state index contributed by atoms with van der Waals surface area (Å²) in [6.07, 6.45) is 1.56. The highest BCUT2D eigenvalue weighted by Gasteiger charge is 2.26. The predicted molar refractivity (Wildman–Crippen MR) is 82.4 cm³/mol. The molecule has 2 N–H and O–H groups in total. The zero-order valence-electron chi connectivity index (χ0n) is 12.7. The molecule has 1 heterocycles. The molecule has 21 heavy (non-hydrogen) atoms. The molecule has 1 aromatic carbocycles. The van der Waals surface area contributed by atoms with Crippen LogP contribution in [0.1, 0.15) is 22.5 Å². The van der Waals surface area contributed by atoms with Crippen molar-refractivity contribution >= 4 is 15.7 Å². The van der Waals surface area contributed by atoms with E-state index in [0.717, 1.165) is 11.3 Å². The molecule has 114 valence electrons. The van der Waals surface area contributed by atoms with E-state index >= 15 is 0 Å². The average molecular weight is 308 g/mol. The molecule has 6 heteroatoms. The first-order chi connectivity index (χ1) is 9.75. The highest BCUT2D eigenvalue weighted by Crippen LogP contribution is 2.28. The van der Waals surface area contributed by atoms with E-state index in [4.69, 9.17) is 10.2 Å². The van der Waals surface area contributed by atoms with E-state index in [9.17, 15) is 8.42 Å². The zero-order valence-corrected chi connectivity index (χ0v) is 13.5. The lowest BCUT2D eigenvalue weighted by atomic mass is 10.1. The summed E-state index contributed by atoms with van der Waals surface area (Å²) in [6.45, 7) is 5.58. The Hall–Kier alpha value is -1.79. The third kappa shape index (κ3) is 2.82. The minimum absolute atomic E-state index is 0.262. The van der Waals surface area contributed by atoms with Crippen LogP contribution >= 0.6 is 0 Å². The lowest BCUT2D eigenvalue weighted by Gasteiger charge is -2.20. The number of furan rings is 1. The van der Waals surface area contributed by atoms with Crippen LogP contribution in [0.2, 0.25) is 0 Å². The molecule has 0 aliphatic carbocycles. The number of hydrogen-bond acceptors (Lipinski definition) is 4. The molecule has 0 unspecified atom stereocenters. The number of aryl methyl sites for hydroxylation is 2. The van der Waals surface area contributed by atoms with Crippen molar-refractivity contribution in [3.63, 3.8) is 0 Å². The van der Waals surface area contributed by atoms with Gasteiger partial charge in [-0.1, -0.05) is 6.07 Å². The summed E-state index contributed by atoms with van der Waals surface area (Å²) in [5.41, 5.74) is 8.46. The number of benzene rings is 1. The Bertz CT molecular complexity index is 763. The number of nitrogen functional groups attached to an aromatic ring is 1. The second-order valence-corrected chi connectivity index (χ2v) is 7.17. The van der Waals surface area contributed by atoms with Crippen molar-refractivity contribution in [1.82, 2.24) is 4.31 Å². The normalized spacial score (nSPS) is 12.0. The van der Waals surface area contributed by atoms with E-state index in [2.05, 4.69) is 0 Å². The van der Waals surface area contributed by atoms with Gasteiger partial charge in [-0.05, 0) is 44.0 Å². The molecule has 1 aromatic heterocycles. The van der Waals surface area contributed by atoms with Crippen LogP contribution in [0.4, 0.5) is 5.69 Å². The van der Waals surface area contributed by atoms with E-state index in [1.54, 1.807) is 45.4 Å². The van der Waals surface area contributed by atoms with Gasteiger partial charge in [-0.25, -0.2) is 8.42 Å². The summed E-state index contributed by atoms with van der Waals surface area (Å²) in [7, 11) is -2.04. The minimum Gasteiger partial charge on any atom is -0.469 e. The zero-order chi connectivity index (χ0) is 15.8. The van der Waals surface area contributed by atoms with Crippen molar-refractivity contribution < 1.29 is 12.8 Å².